The second-order valence-electron chi connectivity index (χ2n) is 4.50. The average Bonchev–Trinajstić information content (AvgIpc) is 2.36. The van der Waals surface area contributed by atoms with Gasteiger partial charge < -0.3 is 15.7 Å². The Kier molecular flexibility index (Phi) is 5.27. The first-order valence-corrected chi connectivity index (χ1v) is 5.97. The maximum absolute atomic E-state index is 12.1. The van der Waals surface area contributed by atoms with E-state index in [4.69, 9.17) is 5.11 Å². The highest BCUT2D eigenvalue weighted by Crippen LogP contribution is 2.32. The summed E-state index contributed by atoms with van der Waals surface area (Å²) >= 11 is 0. The number of halogens is 2. The lowest BCUT2D eigenvalue weighted by molar-refractivity contribution is -0.133. The van der Waals surface area contributed by atoms with Gasteiger partial charge in [0.25, 0.3) is 6.43 Å². The van der Waals surface area contributed by atoms with Crippen molar-refractivity contribution in [3.63, 3.8) is 0 Å². The van der Waals surface area contributed by atoms with Crippen molar-refractivity contribution in [3.05, 3.63) is 0 Å². The first-order valence-electron chi connectivity index (χ1n) is 5.97. The summed E-state index contributed by atoms with van der Waals surface area (Å²) in [4.78, 5) is 12.0. The number of carbonyl (C=O) groups excluding carboxylic acids is 1. The highest BCUT2D eigenvalue weighted by molar-refractivity contribution is 5.82. The van der Waals surface area contributed by atoms with Crippen molar-refractivity contribution in [1.29, 1.82) is 0 Å². The van der Waals surface area contributed by atoms with Crippen molar-refractivity contribution in [2.75, 3.05) is 19.6 Å². The fourth-order valence-corrected chi connectivity index (χ4v) is 2.12. The standard InChI is InChI=1S/C11H20F2N2O2/c1-2-11(3-5-14-6-4-11)10(17)15-7-8(16)9(12)13/h8-9,14,16H,2-7H2,1H3,(H,15,17). The van der Waals surface area contributed by atoms with E-state index in [0.29, 0.717) is 19.3 Å². The molecule has 0 aliphatic carbocycles. The van der Waals surface area contributed by atoms with Crippen LogP contribution in [-0.2, 0) is 4.79 Å². The monoisotopic (exact) mass is 250 g/mol. The number of carbonyl (C=O) groups is 1. The molecule has 1 rings (SSSR count). The van der Waals surface area contributed by atoms with Gasteiger partial charge in [0.05, 0.1) is 5.41 Å². The first kappa shape index (κ1) is 14.3. The Morgan fingerprint density at radius 3 is 2.53 bits per heavy atom. The van der Waals surface area contributed by atoms with Gasteiger partial charge in [-0.3, -0.25) is 4.79 Å². The number of nitrogens with one attached hydrogen (secondary N) is 2. The van der Waals surface area contributed by atoms with Gasteiger partial charge in [0.2, 0.25) is 5.91 Å². The van der Waals surface area contributed by atoms with E-state index in [1.807, 2.05) is 6.92 Å². The molecule has 1 fully saturated rings. The van der Waals surface area contributed by atoms with Gasteiger partial charge in [-0.05, 0) is 32.4 Å². The van der Waals surface area contributed by atoms with Crippen LogP contribution in [0.15, 0.2) is 0 Å². The molecule has 3 N–H and O–H groups in total. The summed E-state index contributed by atoms with van der Waals surface area (Å²) in [6.45, 7) is 3.07. The molecule has 6 heteroatoms. The zero-order valence-electron chi connectivity index (χ0n) is 10.0. The number of amides is 1. The van der Waals surface area contributed by atoms with Crippen LogP contribution in [-0.4, -0.2) is 43.2 Å². The Morgan fingerprint density at radius 2 is 2.06 bits per heavy atom. The summed E-state index contributed by atoms with van der Waals surface area (Å²) in [7, 11) is 0. The van der Waals surface area contributed by atoms with Crippen LogP contribution in [0.25, 0.3) is 0 Å². The molecular weight excluding hydrogens is 230 g/mol. The van der Waals surface area contributed by atoms with E-state index in [-0.39, 0.29) is 12.5 Å². The van der Waals surface area contributed by atoms with Gasteiger partial charge in [0.15, 0.2) is 0 Å². The van der Waals surface area contributed by atoms with Crippen molar-refractivity contribution >= 4 is 5.91 Å². The lowest BCUT2D eigenvalue weighted by Gasteiger charge is -2.35. The van der Waals surface area contributed by atoms with Crippen LogP contribution in [0.3, 0.4) is 0 Å². The topological polar surface area (TPSA) is 61.4 Å². The Labute approximate surface area is 99.8 Å². The van der Waals surface area contributed by atoms with Crippen LogP contribution in [0.2, 0.25) is 0 Å². The minimum atomic E-state index is -2.82. The van der Waals surface area contributed by atoms with Crippen LogP contribution < -0.4 is 10.6 Å². The summed E-state index contributed by atoms with van der Waals surface area (Å²) in [5.41, 5.74) is -0.465. The van der Waals surface area contributed by atoms with Gasteiger partial charge in [0.1, 0.15) is 6.10 Å². The van der Waals surface area contributed by atoms with E-state index in [0.717, 1.165) is 13.1 Å². The summed E-state index contributed by atoms with van der Waals surface area (Å²) in [5.74, 6) is -0.221. The van der Waals surface area contributed by atoms with Gasteiger partial charge in [0, 0.05) is 6.54 Å². The van der Waals surface area contributed by atoms with Crippen molar-refractivity contribution in [2.24, 2.45) is 5.41 Å². The van der Waals surface area contributed by atoms with Crippen molar-refractivity contribution in [3.8, 4) is 0 Å². The molecule has 1 heterocycles. The molecule has 1 atom stereocenters. The molecule has 0 bridgehead atoms. The number of aliphatic hydroxyl groups is 1. The number of piperidine rings is 1. The number of alkyl halides is 2. The maximum atomic E-state index is 12.1. The zero-order valence-corrected chi connectivity index (χ0v) is 10.0. The van der Waals surface area contributed by atoms with Crippen LogP contribution in [0.4, 0.5) is 8.78 Å². The minimum Gasteiger partial charge on any atom is -0.385 e. The predicted octanol–water partition coefficient (Wildman–Crippen LogP) is 0.508. The molecular formula is C11H20F2N2O2. The van der Waals surface area contributed by atoms with Gasteiger partial charge in [-0.15, -0.1) is 0 Å². The SMILES string of the molecule is CCC1(C(=O)NCC(O)C(F)F)CCNCC1. The van der Waals surface area contributed by atoms with Gasteiger partial charge in [-0.1, -0.05) is 6.92 Å². The molecule has 0 aromatic heterocycles. The predicted molar refractivity (Wildman–Crippen MR) is 59.8 cm³/mol. The highest BCUT2D eigenvalue weighted by Gasteiger charge is 2.37. The summed E-state index contributed by atoms with van der Waals surface area (Å²) in [6.07, 6.45) is -2.50. The van der Waals surface area contributed by atoms with Crippen LogP contribution in [0.5, 0.6) is 0 Å². The van der Waals surface area contributed by atoms with Crippen molar-refractivity contribution in [1.82, 2.24) is 10.6 Å². The van der Waals surface area contributed by atoms with Crippen LogP contribution >= 0.6 is 0 Å². The van der Waals surface area contributed by atoms with E-state index in [2.05, 4.69) is 10.6 Å². The van der Waals surface area contributed by atoms with Crippen LogP contribution in [0.1, 0.15) is 26.2 Å². The third kappa shape index (κ3) is 3.61. The third-order valence-electron chi connectivity index (χ3n) is 3.48. The molecule has 1 amide bonds. The molecule has 0 saturated carbocycles. The molecule has 1 saturated heterocycles. The van der Waals surface area contributed by atoms with Gasteiger partial charge >= 0.3 is 0 Å². The van der Waals surface area contributed by atoms with Gasteiger partial charge in [-0.2, -0.15) is 0 Å². The van der Waals surface area contributed by atoms with E-state index >= 15 is 0 Å². The summed E-state index contributed by atoms with van der Waals surface area (Å²) < 4.78 is 24.2. The smallest absolute Gasteiger partial charge is 0.265 e. The third-order valence-corrected chi connectivity index (χ3v) is 3.48. The fraction of sp³-hybridized carbons (Fsp3) is 0.909. The Balaban J connectivity index is 2.49. The van der Waals surface area contributed by atoms with E-state index < -0.39 is 17.9 Å². The molecule has 17 heavy (non-hydrogen) atoms. The maximum Gasteiger partial charge on any atom is 0.265 e. The summed E-state index contributed by atoms with van der Waals surface area (Å²) in [6, 6.07) is 0. The second kappa shape index (κ2) is 6.26. The quantitative estimate of drug-likeness (QED) is 0.666. The molecule has 0 aromatic rings. The molecule has 4 nitrogen and oxygen atoms in total. The lowest BCUT2D eigenvalue weighted by atomic mass is 9.76. The molecule has 1 aliphatic heterocycles. The fourth-order valence-electron chi connectivity index (χ4n) is 2.12. The summed E-state index contributed by atoms with van der Waals surface area (Å²) in [5, 5.41) is 14.5. The molecule has 1 unspecified atom stereocenters. The van der Waals surface area contributed by atoms with E-state index in [9.17, 15) is 13.6 Å². The number of rotatable bonds is 5. The number of hydrogen-bond donors (Lipinski definition) is 3. The Hall–Kier alpha value is -0.750. The molecule has 1 aliphatic rings. The zero-order chi connectivity index (χ0) is 12.9. The van der Waals surface area contributed by atoms with Crippen LogP contribution in [0, 0.1) is 5.41 Å². The minimum absolute atomic E-state index is 0.221. The second-order valence-corrected chi connectivity index (χ2v) is 4.50. The lowest BCUT2D eigenvalue weighted by Crippen LogP contribution is -2.49. The number of hydrogen-bond acceptors (Lipinski definition) is 3. The van der Waals surface area contributed by atoms with E-state index in [1.54, 1.807) is 0 Å². The molecule has 0 radical (unpaired) electrons. The average molecular weight is 250 g/mol. The normalized spacial score (nSPS) is 21.2. The highest BCUT2D eigenvalue weighted by atomic mass is 19.3. The molecule has 0 spiro atoms. The Morgan fingerprint density at radius 1 is 1.47 bits per heavy atom. The molecule has 100 valence electrons. The molecule has 0 aromatic carbocycles. The largest absolute Gasteiger partial charge is 0.385 e. The van der Waals surface area contributed by atoms with Gasteiger partial charge in [-0.25, -0.2) is 8.78 Å². The Bertz CT molecular complexity index is 256. The van der Waals surface area contributed by atoms with Crippen molar-refractivity contribution in [2.45, 2.75) is 38.7 Å². The van der Waals surface area contributed by atoms with Crippen molar-refractivity contribution < 1.29 is 18.7 Å². The first-order chi connectivity index (χ1) is 8.02. The number of aliphatic hydroxyl groups excluding tert-OH is 1. The van der Waals surface area contributed by atoms with E-state index in [1.165, 1.54) is 0 Å².